The van der Waals surface area contributed by atoms with Crippen LogP contribution in [0.3, 0.4) is 0 Å². The van der Waals surface area contributed by atoms with E-state index < -0.39 is 10.0 Å². The molecule has 0 aliphatic carbocycles. The predicted octanol–water partition coefficient (Wildman–Crippen LogP) is 1.56. The van der Waals surface area contributed by atoms with Crippen LogP contribution < -0.4 is 0 Å². The fourth-order valence-electron chi connectivity index (χ4n) is 3.78. The van der Waals surface area contributed by atoms with Gasteiger partial charge in [0.1, 0.15) is 6.10 Å². The summed E-state index contributed by atoms with van der Waals surface area (Å²) in [5, 5.41) is 0.635. The Bertz CT molecular complexity index is 962. The quantitative estimate of drug-likeness (QED) is 0.796. The van der Waals surface area contributed by atoms with Gasteiger partial charge in [-0.15, -0.1) is 0 Å². The van der Waals surface area contributed by atoms with E-state index in [0.717, 1.165) is 18.4 Å². The highest BCUT2D eigenvalue weighted by molar-refractivity contribution is 7.89. The van der Waals surface area contributed by atoms with Gasteiger partial charge in [0.2, 0.25) is 10.0 Å². The number of pyridine rings is 1. The van der Waals surface area contributed by atoms with Gasteiger partial charge in [-0.1, -0.05) is 6.07 Å². The monoisotopic (exact) mass is 389 g/mol. The molecule has 2 aromatic rings. The first-order chi connectivity index (χ1) is 13.0. The van der Waals surface area contributed by atoms with Crippen molar-refractivity contribution < 1.29 is 17.9 Å². The van der Waals surface area contributed by atoms with Crippen LogP contribution >= 0.6 is 0 Å². The van der Waals surface area contributed by atoms with Gasteiger partial charge < -0.3 is 9.64 Å². The highest BCUT2D eigenvalue weighted by atomic mass is 32.2. The predicted molar refractivity (Wildman–Crippen MR) is 101 cm³/mol. The molecule has 144 valence electrons. The van der Waals surface area contributed by atoms with Crippen LogP contribution in [0, 0.1) is 6.92 Å². The van der Waals surface area contributed by atoms with Gasteiger partial charge in [0.05, 0.1) is 10.4 Å². The number of fused-ring (bicyclic) bond motifs is 1. The molecular weight excluding hydrogens is 366 g/mol. The lowest BCUT2D eigenvalue weighted by atomic mass is 10.1. The summed E-state index contributed by atoms with van der Waals surface area (Å²) < 4.78 is 33.4. The van der Waals surface area contributed by atoms with E-state index in [4.69, 9.17) is 4.74 Å². The van der Waals surface area contributed by atoms with E-state index >= 15 is 0 Å². The zero-order valence-electron chi connectivity index (χ0n) is 15.3. The first-order valence-corrected chi connectivity index (χ1v) is 10.7. The highest BCUT2D eigenvalue weighted by Gasteiger charge is 2.34. The summed E-state index contributed by atoms with van der Waals surface area (Å²) in [5.41, 5.74) is 1.64. The molecule has 2 aliphatic rings. The topological polar surface area (TPSA) is 79.8 Å². The normalized spacial score (nSPS) is 21.7. The zero-order chi connectivity index (χ0) is 19.0. The van der Waals surface area contributed by atoms with Crippen LogP contribution in [0.25, 0.3) is 10.9 Å². The molecule has 8 heteroatoms. The van der Waals surface area contributed by atoms with Gasteiger partial charge in [0, 0.05) is 44.4 Å². The smallest absolute Gasteiger partial charge is 0.251 e. The second kappa shape index (κ2) is 7.18. The van der Waals surface area contributed by atoms with E-state index in [-0.39, 0.29) is 30.0 Å². The summed E-state index contributed by atoms with van der Waals surface area (Å²) in [6.45, 7) is 3.90. The van der Waals surface area contributed by atoms with Crippen LogP contribution in [-0.4, -0.2) is 67.4 Å². The van der Waals surface area contributed by atoms with E-state index in [9.17, 15) is 13.2 Å². The van der Waals surface area contributed by atoms with E-state index in [2.05, 4.69) is 4.98 Å². The van der Waals surface area contributed by atoms with Crippen molar-refractivity contribution in [2.75, 3.05) is 32.8 Å². The number of piperazine rings is 1. The number of nitrogens with zero attached hydrogens (tertiary/aromatic N) is 3. The van der Waals surface area contributed by atoms with Gasteiger partial charge in [-0.25, -0.2) is 8.42 Å². The molecule has 0 unspecified atom stereocenters. The molecule has 4 rings (SSSR count). The molecule has 3 heterocycles. The third-order valence-corrected chi connectivity index (χ3v) is 7.26. The Kier molecular flexibility index (Phi) is 4.88. The Balaban J connectivity index is 1.54. The largest absolute Gasteiger partial charge is 0.368 e. The number of carbonyl (C=O) groups is 1. The molecule has 0 bridgehead atoms. The van der Waals surface area contributed by atoms with Crippen LogP contribution in [0.5, 0.6) is 0 Å². The van der Waals surface area contributed by atoms with Gasteiger partial charge in [0.25, 0.3) is 5.91 Å². The Morgan fingerprint density at radius 3 is 2.67 bits per heavy atom. The average Bonchev–Trinajstić information content (AvgIpc) is 3.22. The maximum atomic E-state index is 13.2. The van der Waals surface area contributed by atoms with Crippen LogP contribution in [0.15, 0.2) is 35.4 Å². The van der Waals surface area contributed by atoms with Gasteiger partial charge >= 0.3 is 0 Å². The van der Waals surface area contributed by atoms with Crippen molar-refractivity contribution in [1.82, 2.24) is 14.2 Å². The number of benzene rings is 1. The molecular formula is C19H23N3O4S. The summed E-state index contributed by atoms with van der Waals surface area (Å²) in [7, 11) is -3.65. The van der Waals surface area contributed by atoms with Crippen molar-refractivity contribution in [3.63, 3.8) is 0 Å². The minimum Gasteiger partial charge on any atom is -0.368 e. The molecule has 27 heavy (non-hydrogen) atoms. The van der Waals surface area contributed by atoms with E-state index in [1.54, 1.807) is 35.4 Å². The first kappa shape index (κ1) is 18.3. The Morgan fingerprint density at radius 2 is 1.96 bits per heavy atom. The SMILES string of the molecule is Cc1ccc(S(=O)(=O)N2CCN(C(=O)[C@@H]3CCCO3)CC2)c2cccnc12. The molecule has 0 spiro atoms. The third-order valence-electron chi connectivity index (χ3n) is 5.30. The highest BCUT2D eigenvalue weighted by Crippen LogP contribution is 2.27. The summed E-state index contributed by atoms with van der Waals surface area (Å²) in [6, 6.07) is 6.98. The Labute approximate surface area is 159 Å². The summed E-state index contributed by atoms with van der Waals surface area (Å²) in [6.07, 6.45) is 2.96. The lowest BCUT2D eigenvalue weighted by Gasteiger charge is -2.35. The number of amides is 1. The number of aryl methyl sites for hydroxylation is 1. The van der Waals surface area contributed by atoms with Crippen molar-refractivity contribution >= 4 is 26.8 Å². The molecule has 7 nitrogen and oxygen atoms in total. The number of ether oxygens (including phenoxy) is 1. The van der Waals surface area contributed by atoms with Gasteiger partial charge in [-0.3, -0.25) is 9.78 Å². The average molecular weight is 389 g/mol. The Morgan fingerprint density at radius 1 is 1.19 bits per heavy atom. The van der Waals surface area contributed by atoms with Crippen molar-refractivity contribution in [2.45, 2.75) is 30.8 Å². The number of aromatic nitrogens is 1. The lowest BCUT2D eigenvalue weighted by molar-refractivity contribution is -0.142. The summed E-state index contributed by atoms with van der Waals surface area (Å²) >= 11 is 0. The van der Waals surface area contributed by atoms with Crippen LogP contribution in [0.2, 0.25) is 0 Å². The van der Waals surface area contributed by atoms with Gasteiger partial charge in [-0.2, -0.15) is 4.31 Å². The molecule has 1 amide bonds. The molecule has 0 saturated carbocycles. The number of rotatable bonds is 3. The lowest BCUT2D eigenvalue weighted by Crippen LogP contribution is -2.52. The molecule has 2 saturated heterocycles. The fraction of sp³-hybridized carbons (Fsp3) is 0.474. The van der Waals surface area contributed by atoms with Crippen LogP contribution in [-0.2, 0) is 19.6 Å². The number of sulfonamides is 1. The van der Waals surface area contributed by atoms with E-state index in [1.807, 2.05) is 6.92 Å². The van der Waals surface area contributed by atoms with Gasteiger partial charge in [0.15, 0.2) is 0 Å². The molecule has 1 atom stereocenters. The second-order valence-electron chi connectivity index (χ2n) is 7.01. The fourth-order valence-corrected chi connectivity index (χ4v) is 5.38. The van der Waals surface area contributed by atoms with Crippen molar-refractivity contribution in [3.8, 4) is 0 Å². The number of hydrogen-bond donors (Lipinski definition) is 0. The second-order valence-corrected chi connectivity index (χ2v) is 8.92. The maximum absolute atomic E-state index is 13.2. The summed E-state index contributed by atoms with van der Waals surface area (Å²) in [4.78, 5) is 18.8. The zero-order valence-corrected chi connectivity index (χ0v) is 16.1. The van der Waals surface area contributed by atoms with Crippen molar-refractivity contribution in [1.29, 1.82) is 0 Å². The minimum absolute atomic E-state index is 0.0190. The molecule has 2 aliphatic heterocycles. The van der Waals surface area contributed by atoms with E-state index in [1.165, 1.54) is 4.31 Å². The molecule has 1 aromatic heterocycles. The maximum Gasteiger partial charge on any atom is 0.251 e. The van der Waals surface area contributed by atoms with Crippen LogP contribution in [0.4, 0.5) is 0 Å². The molecule has 0 radical (unpaired) electrons. The molecule has 1 aromatic carbocycles. The van der Waals surface area contributed by atoms with Crippen molar-refractivity contribution in [2.24, 2.45) is 0 Å². The summed E-state index contributed by atoms with van der Waals surface area (Å²) in [5.74, 6) is -0.0190. The van der Waals surface area contributed by atoms with Crippen LogP contribution in [0.1, 0.15) is 18.4 Å². The molecule has 0 N–H and O–H groups in total. The standard InChI is InChI=1S/C19H23N3O4S/c1-14-6-7-17(15-4-2-8-20-18(14)15)27(24,25)22-11-9-21(10-12-22)19(23)16-5-3-13-26-16/h2,4,6-8,16H,3,5,9-13H2,1H3/t16-/m0/s1. The first-order valence-electron chi connectivity index (χ1n) is 9.23. The minimum atomic E-state index is -3.65. The van der Waals surface area contributed by atoms with Crippen molar-refractivity contribution in [3.05, 3.63) is 36.0 Å². The Hall–Kier alpha value is -2.03. The van der Waals surface area contributed by atoms with E-state index in [0.29, 0.717) is 30.6 Å². The number of hydrogen-bond acceptors (Lipinski definition) is 5. The molecule has 2 fully saturated rings. The third kappa shape index (κ3) is 3.33. The van der Waals surface area contributed by atoms with Gasteiger partial charge in [-0.05, 0) is 43.5 Å². The number of carbonyl (C=O) groups excluding carboxylic acids is 1.